The van der Waals surface area contributed by atoms with Crippen molar-refractivity contribution in [1.29, 1.82) is 0 Å². The van der Waals surface area contributed by atoms with E-state index in [9.17, 15) is 0 Å². The maximum atomic E-state index is 4.55. The normalized spacial score (nSPS) is 10.8. The van der Waals surface area contributed by atoms with Gasteiger partial charge in [0.1, 0.15) is 10.4 Å². The first-order chi connectivity index (χ1) is 7.58. The molecule has 1 aromatic carbocycles. The maximum absolute atomic E-state index is 4.55. The first-order valence-corrected chi connectivity index (χ1v) is 6.10. The van der Waals surface area contributed by atoms with Crippen molar-refractivity contribution in [3.63, 3.8) is 0 Å². The van der Waals surface area contributed by atoms with Crippen LogP contribution in [0.15, 0.2) is 28.9 Å². The summed E-state index contributed by atoms with van der Waals surface area (Å²) >= 11 is 3.58. The molecule has 3 heteroatoms. The molecule has 1 heterocycles. The van der Waals surface area contributed by atoms with Crippen LogP contribution >= 0.6 is 15.9 Å². The molecule has 84 valence electrons. The van der Waals surface area contributed by atoms with Gasteiger partial charge in [-0.25, -0.2) is 4.98 Å². The van der Waals surface area contributed by atoms with E-state index in [1.165, 1.54) is 11.1 Å². The van der Waals surface area contributed by atoms with Crippen molar-refractivity contribution in [2.75, 3.05) is 0 Å². The van der Waals surface area contributed by atoms with Gasteiger partial charge in [0.15, 0.2) is 0 Å². The predicted octanol–water partition coefficient (Wildman–Crippen LogP) is 3.39. The van der Waals surface area contributed by atoms with E-state index in [1.54, 1.807) is 0 Å². The average molecular weight is 279 g/mol. The lowest BCUT2D eigenvalue weighted by atomic mass is 10.1. The molecule has 0 amide bonds. The molecule has 0 unspecified atom stereocenters. The zero-order chi connectivity index (χ0) is 11.7. The molecule has 0 aliphatic carbocycles. The fourth-order valence-electron chi connectivity index (χ4n) is 1.78. The SMILES string of the molecule is Cc1cccc(Cc2nc(C)n(C)c2Br)c1. The third-order valence-electron chi connectivity index (χ3n) is 2.77. The monoisotopic (exact) mass is 278 g/mol. The van der Waals surface area contributed by atoms with E-state index < -0.39 is 0 Å². The average Bonchev–Trinajstić information content (AvgIpc) is 2.47. The van der Waals surface area contributed by atoms with Gasteiger partial charge in [0.25, 0.3) is 0 Å². The van der Waals surface area contributed by atoms with Crippen molar-refractivity contribution >= 4 is 15.9 Å². The van der Waals surface area contributed by atoms with Crippen LogP contribution in [0, 0.1) is 13.8 Å². The Bertz CT molecular complexity index is 515. The van der Waals surface area contributed by atoms with E-state index in [0.29, 0.717) is 0 Å². The number of rotatable bonds is 2. The minimum Gasteiger partial charge on any atom is -0.326 e. The zero-order valence-electron chi connectivity index (χ0n) is 9.79. The standard InChI is InChI=1S/C13H15BrN2/c1-9-5-4-6-11(7-9)8-12-13(14)16(3)10(2)15-12/h4-7H,8H2,1-3H3. The Balaban J connectivity index is 2.30. The third-order valence-corrected chi connectivity index (χ3v) is 3.76. The Labute approximate surface area is 104 Å². The van der Waals surface area contributed by atoms with Gasteiger partial charge in [0, 0.05) is 13.5 Å². The van der Waals surface area contributed by atoms with Crippen molar-refractivity contribution in [2.45, 2.75) is 20.3 Å². The lowest BCUT2D eigenvalue weighted by molar-refractivity contribution is 0.839. The predicted molar refractivity (Wildman–Crippen MR) is 69.6 cm³/mol. The van der Waals surface area contributed by atoms with Gasteiger partial charge >= 0.3 is 0 Å². The first-order valence-electron chi connectivity index (χ1n) is 5.31. The second-order valence-electron chi connectivity index (χ2n) is 4.12. The number of benzene rings is 1. The quantitative estimate of drug-likeness (QED) is 0.824. The van der Waals surface area contributed by atoms with Gasteiger partial charge in [0.2, 0.25) is 0 Å². The summed E-state index contributed by atoms with van der Waals surface area (Å²) in [5.74, 6) is 1.04. The molecule has 2 aromatic rings. The Morgan fingerprint density at radius 2 is 2.06 bits per heavy atom. The van der Waals surface area contributed by atoms with Crippen molar-refractivity contribution in [2.24, 2.45) is 7.05 Å². The Morgan fingerprint density at radius 3 is 2.62 bits per heavy atom. The Hall–Kier alpha value is -1.09. The molecule has 0 saturated carbocycles. The number of nitrogens with zero attached hydrogens (tertiary/aromatic N) is 2. The molecular weight excluding hydrogens is 264 g/mol. The van der Waals surface area contributed by atoms with Gasteiger partial charge in [0.05, 0.1) is 5.69 Å². The molecule has 0 spiro atoms. The van der Waals surface area contributed by atoms with Gasteiger partial charge in [-0.2, -0.15) is 0 Å². The van der Waals surface area contributed by atoms with Crippen molar-refractivity contribution in [3.05, 3.63) is 51.5 Å². The molecular formula is C13H15BrN2. The molecule has 1 aromatic heterocycles. The molecule has 2 nitrogen and oxygen atoms in total. The topological polar surface area (TPSA) is 17.8 Å². The molecule has 0 radical (unpaired) electrons. The highest BCUT2D eigenvalue weighted by molar-refractivity contribution is 9.10. The van der Waals surface area contributed by atoms with E-state index in [1.807, 2.05) is 14.0 Å². The number of imidazole rings is 1. The van der Waals surface area contributed by atoms with Gasteiger partial charge in [-0.3, -0.25) is 0 Å². The van der Waals surface area contributed by atoms with Crippen LogP contribution in [0.2, 0.25) is 0 Å². The van der Waals surface area contributed by atoms with Crippen LogP contribution in [0.3, 0.4) is 0 Å². The smallest absolute Gasteiger partial charge is 0.108 e. The van der Waals surface area contributed by atoms with E-state index in [0.717, 1.165) is 22.5 Å². The van der Waals surface area contributed by atoms with Gasteiger partial charge in [-0.15, -0.1) is 0 Å². The molecule has 0 aliphatic heterocycles. The molecule has 0 saturated heterocycles. The minimum atomic E-state index is 0.879. The zero-order valence-corrected chi connectivity index (χ0v) is 11.4. The minimum absolute atomic E-state index is 0.879. The van der Waals surface area contributed by atoms with Crippen LogP contribution in [0.25, 0.3) is 0 Å². The van der Waals surface area contributed by atoms with Crippen LogP contribution < -0.4 is 0 Å². The highest BCUT2D eigenvalue weighted by Gasteiger charge is 2.09. The molecule has 0 N–H and O–H groups in total. The third kappa shape index (κ3) is 2.19. The molecule has 0 atom stereocenters. The molecule has 0 fully saturated rings. The van der Waals surface area contributed by atoms with E-state index >= 15 is 0 Å². The van der Waals surface area contributed by atoms with E-state index in [-0.39, 0.29) is 0 Å². The van der Waals surface area contributed by atoms with Crippen LogP contribution in [-0.2, 0) is 13.5 Å². The van der Waals surface area contributed by atoms with E-state index in [4.69, 9.17) is 0 Å². The summed E-state index contributed by atoms with van der Waals surface area (Å²) in [6.07, 6.45) is 0.879. The van der Waals surface area contributed by atoms with E-state index in [2.05, 4.69) is 56.7 Å². The lowest BCUT2D eigenvalue weighted by Gasteiger charge is -2.01. The number of aromatic nitrogens is 2. The number of aryl methyl sites for hydroxylation is 2. The molecule has 0 aliphatic rings. The summed E-state index contributed by atoms with van der Waals surface area (Å²) in [6, 6.07) is 8.55. The van der Waals surface area contributed by atoms with Crippen LogP contribution in [-0.4, -0.2) is 9.55 Å². The summed E-state index contributed by atoms with van der Waals surface area (Å²) in [5, 5.41) is 0. The summed E-state index contributed by atoms with van der Waals surface area (Å²) < 4.78 is 3.14. The van der Waals surface area contributed by atoms with Crippen LogP contribution in [0.5, 0.6) is 0 Å². The van der Waals surface area contributed by atoms with Gasteiger partial charge in [-0.05, 0) is 35.3 Å². The summed E-state index contributed by atoms with van der Waals surface area (Å²) in [6.45, 7) is 4.13. The highest BCUT2D eigenvalue weighted by atomic mass is 79.9. The van der Waals surface area contributed by atoms with Crippen LogP contribution in [0.1, 0.15) is 22.6 Å². The van der Waals surface area contributed by atoms with Crippen molar-refractivity contribution < 1.29 is 0 Å². The Kier molecular flexibility index (Phi) is 3.15. The van der Waals surface area contributed by atoms with Gasteiger partial charge < -0.3 is 4.57 Å². The first kappa shape index (κ1) is 11.4. The fourth-order valence-corrected chi connectivity index (χ4v) is 2.27. The second-order valence-corrected chi connectivity index (χ2v) is 4.87. The maximum Gasteiger partial charge on any atom is 0.108 e. The number of halogens is 1. The summed E-state index contributed by atoms with van der Waals surface area (Å²) in [7, 11) is 2.02. The van der Waals surface area contributed by atoms with Crippen molar-refractivity contribution in [1.82, 2.24) is 9.55 Å². The fraction of sp³-hybridized carbons (Fsp3) is 0.308. The molecule has 16 heavy (non-hydrogen) atoms. The molecule has 2 rings (SSSR count). The number of hydrogen-bond acceptors (Lipinski definition) is 1. The largest absolute Gasteiger partial charge is 0.326 e. The van der Waals surface area contributed by atoms with Gasteiger partial charge in [-0.1, -0.05) is 29.8 Å². The van der Waals surface area contributed by atoms with Crippen molar-refractivity contribution in [3.8, 4) is 0 Å². The summed E-state index contributed by atoms with van der Waals surface area (Å²) in [4.78, 5) is 4.55. The Morgan fingerprint density at radius 1 is 1.31 bits per heavy atom. The number of hydrogen-bond donors (Lipinski definition) is 0. The summed E-state index contributed by atoms with van der Waals surface area (Å²) in [5.41, 5.74) is 3.70. The highest BCUT2D eigenvalue weighted by Crippen LogP contribution is 2.20. The molecule has 0 bridgehead atoms. The second kappa shape index (κ2) is 4.42. The van der Waals surface area contributed by atoms with Crippen LogP contribution in [0.4, 0.5) is 0 Å². The lowest BCUT2D eigenvalue weighted by Crippen LogP contribution is -1.92.